The highest BCUT2D eigenvalue weighted by atomic mass is 35.5. The molecule has 112 valence electrons. The van der Waals surface area contributed by atoms with Gasteiger partial charge in [0.15, 0.2) is 11.6 Å². The molecule has 2 rings (SSSR count). The first-order valence-electron chi connectivity index (χ1n) is 6.82. The molecule has 0 radical (unpaired) electrons. The third-order valence-corrected chi connectivity index (χ3v) is 3.40. The van der Waals surface area contributed by atoms with Gasteiger partial charge in [0.05, 0.1) is 5.02 Å². The van der Waals surface area contributed by atoms with Crippen LogP contribution in [0, 0.1) is 19.7 Å². The fourth-order valence-corrected chi connectivity index (χ4v) is 2.21. The van der Waals surface area contributed by atoms with Gasteiger partial charge in [-0.05, 0) is 44.2 Å². The molecule has 2 aromatic rings. The molecule has 0 fully saturated rings. The van der Waals surface area contributed by atoms with Gasteiger partial charge in [-0.15, -0.1) is 0 Å². The Labute approximate surface area is 129 Å². The smallest absolute Gasteiger partial charge is 0.224 e. The quantitative estimate of drug-likeness (QED) is 0.889. The van der Waals surface area contributed by atoms with Gasteiger partial charge in [0.2, 0.25) is 5.88 Å². The lowest BCUT2D eigenvalue weighted by Crippen LogP contribution is -2.14. The van der Waals surface area contributed by atoms with Gasteiger partial charge in [0.1, 0.15) is 0 Å². The van der Waals surface area contributed by atoms with Gasteiger partial charge < -0.3 is 10.1 Å². The first kappa shape index (κ1) is 15.7. The van der Waals surface area contributed by atoms with Crippen LogP contribution in [0.4, 0.5) is 4.39 Å². The topological polar surface area (TPSA) is 34.2 Å². The van der Waals surface area contributed by atoms with Crippen molar-refractivity contribution in [2.24, 2.45) is 0 Å². The van der Waals surface area contributed by atoms with Gasteiger partial charge in [-0.25, -0.2) is 9.37 Å². The lowest BCUT2D eigenvalue weighted by atomic mass is 10.1. The van der Waals surface area contributed by atoms with E-state index in [-0.39, 0.29) is 10.8 Å². The van der Waals surface area contributed by atoms with Crippen molar-refractivity contribution in [3.8, 4) is 11.6 Å². The zero-order chi connectivity index (χ0) is 15.4. The minimum Gasteiger partial charge on any atom is -0.436 e. The molecule has 0 saturated carbocycles. The molecule has 1 aromatic carbocycles. The zero-order valence-corrected chi connectivity index (χ0v) is 13.1. The Morgan fingerprint density at radius 1 is 1.33 bits per heavy atom. The van der Waals surface area contributed by atoms with Crippen LogP contribution in [0.5, 0.6) is 11.6 Å². The summed E-state index contributed by atoms with van der Waals surface area (Å²) >= 11 is 5.78. The van der Waals surface area contributed by atoms with E-state index in [4.69, 9.17) is 16.3 Å². The zero-order valence-electron chi connectivity index (χ0n) is 12.3. The van der Waals surface area contributed by atoms with Crippen LogP contribution < -0.4 is 10.1 Å². The highest BCUT2D eigenvalue weighted by molar-refractivity contribution is 6.30. The fraction of sp³-hybridized carbons (Fsp3) is 0.312. The molecule has 5 heteroatoms. The second-order valence-electron chi connectivity index (χ2n) is 4.80. The van der Waals surface area contributed by atoms with Crippen molar-refractivity contribution >= 4 is 11.6 Å². The number of aryl methyl sites for hydroxylation is 2. The number of aromatic nitrogens is 1. The predicted octanol–water partition coefficient (Wildman–Crippen LogP) is 4.39. The van der Waals surface area contributed by atoms with E-state index >= 15 is 0 Å². The normalized spacial score (nSPS) is 10.7. The van der Waals surface area contributed by atoms with Crippen LogP contribution in [0.2, 0.25) is 5.02 Å². The number of benzene rings is 1. The Hall–Kier alpha value is -1.65. The van der Waals surface area contributed by atoms with E-state index in [0.717, 1.165) is 23.4 Å². The number of halogens is 2. The highest BCUT2D eigenvalue weighted by Crippen LogP contribution is 2.31. The van der Waals surface area contributed by atoms with Gasteiger partial charge in [-0.3, -0.25) is 0 Å². The summed E-state index contributed by atoms with van der Waals surface area (Å²) in [5, 5.41) is 3.27. The first-order chi connectivity index (χ1) is 10.0. The van der Waals surface area contributed by atoms with Crippen molar-refractivity contribution in [2.45, 2.75) is 27.3 Å². The number of pyridine rings is 1. The molecule has 0 atom stereocenters. The van der Waals surface area contributed by atoms with E-state index in [1.165, 1.54) is 12.1 Å². The fourth-order valence-electron chi connectivity index (χ4n) is 2.05. The minimum absolute atomic E-state index is 0.0325. The van der Waals surface area contributed by atoms with Gasteiger partial charge in [0.25, 0.3) is 0 Å². The first-order valence-corrected chi connectivity index (χ1v) is 7.20. The number of nitrogens with one attached hydrogen (secondary N) is 1. The van der Waals surface area contributed by atoms with Crippen molar-refractivity contribution in [3.05, 3.63) is 51.9 Å². The molecule has 0 aliphatic rings. The Morgan fingerprint density at radius 2 is 2.10 bits per heavy atom. The van der Waals surface area contributed by atoms with Crippen LogP contribution in [0.3, 0.4) is 0 Å². The molecule has 0 bridgehead atoms. The van der Waals surface area contributed by atoms with Crippen molar-refractivity contribution in [1.82, 2.24) is 10.3 Å². The maximum absolute atomic E-state index is 14.0. The average molecular weight is 309 g/mol. The highest BCUT2D eigenvalue weighted by Gasteiger charge is 2.14. The Kier molecular flexibility index (Phi) is 5.15. The Morgan fingerprint density at radius 3 is 2.81 bits per heavy atom. The molecule has 0 spiro atoms. The van der Waals surface area contributed by atoms with E-state index in [2.05, 4.69) is 10.3 Å². The summed E-state index contributed by atoms with van der Waals surface area (Å²) in [7, 11) is 0. The molecule has 21 heavy (non-hydrogen) atoms. The lowest BCUT2D eigenvalue weighted by Gasteiger charge is -2.14. The SMILES string of the molecule is CCNCc1c(C)cc(C)nc1Oc1cccc(Cl)c1F. The number of rotatable bonds is 5. The summed E-state index contributed by atoms with van der Waals surface area (Å²) in [6, 6.07) is 6.65. The van der Waals surface area contributed by atoms with Crippen LogP contribution in [0.15, 0.2) is 24.3 Å². The van der Waals surface area contributed by atoms with Crippen LogP contribution in [-0.4, -0.2) is 11.5 Å². The second-order valence-corrected chi connectivity index (χ2v) is 5.21. The van der Waals surface area contributed by atoms with Gasteiger partial charge >= 0.3 is 0 Å². The Bertz CT molecular complexity index is 646. The minimum atomic E-state index is -0.575. The monoisotopic (exact) mass is 308 g/mol. The predicted molar refractivity (Wildman–Crippen MR) is 82.6 cm³/mol. The van der Waals surface area contributed by atoms with Gasteiger partial charge in [0, 0.05) is 17.8 Å². The summed E-state index contributed by atoms with van der Waals surface area (Å²) in [5.41, 5.74) is 2.80. The largest absolute Gasteiger partial charge is 0.436 e. The van der Waals surface area contributed by atoms with Crippen LogP contribution in [-0.2, 0) is 6.54 Å². The molecule has 1 N–H and O–H groups in total. The van der Waals surface area contributed by atoms with Crippen molar-refractivity contribution in [3.63, 3.8) is 0 Å². The molecule has 0 amide bonds. The van der Waals surface area contributed by atoms with Crippen LogP contribution in [0.25, 0.3) is 0 Å². The number of hydrogen-bond acceptors (Lipinski definition) is 3. The number of hydrogen-bond donors (Lipinski definition) is 1. The molecular formula is C16H18ClFN2O. The van der Waals surface area contributed by atoms with Gasteiger partial charge in [-0.1, -0.05) is 24.6 Å². The second kappa shape index (κ2) is 6.87. The molecule has 1 heterocycles. The molecule has 1 aromatic heterocycles. The summed E-state index contributed by atoms with van der Waals surface area (Å²) in [6.45, 7) is 7.34. The van der Waals surface area contributed by atoms with E-state index in [1.54, 1.807) is 6.07 Å². The molecular weight excluding hydrogens is 291 g/mol. The van der Waals surface area contributed by atoms with E-state index < -0.39 is 5.82 Å². The molecule has 0 aliphatic carbocycles. The number of nitrogens with zero attached hydrogens (tertiary/aromatic N) is 1. The average Bonchev–Trinajstić information content (AvgIpc) is 2.43. The molecule has 0 aliphatic heterocycles. The number of ether oxygens (including phenoxy) is 1. The standard InChI is InChI=1S/C16H18ClFN2O/c1-4-19-9-12-10(2)8-11(3)20-16(12)21-14-7-5-6-13(17)15(14)18/h5-8,19H,4,9H2,1-3H3. The van der Waals surface area contributed by atoms with E-state index in [9.17, 15) is 4.39 Å². The third-order valence-electron chi connectivity index (χ3n) is 3.11. The van der Waals surface area contributed by atoms with Crippen molar-refractivity contribution in [1.29, 1.82) is 0 Å². The summed E-state index contributed by atoms with van der Waals surface area (Å²) in [5.74, 6) is -0.0816. The molecule has 0 saturated heterocycles. The van der Waals surface area contributed by atoms with Crippen molar-refractivity contribution in [2.75, 3.05) is 6.54 Å². The summed E-state index contributed by atoms with van der Waals surface area (Å²) in [6.07, 6.45) is 0. The summed E-state index contributed by atoms with van der Waals surface area (Å²) in [4.78, 5) is 4.38. The van der Waals surface area contributed by atoms with Gasteiger partial charge in [-0.2, -0.15) is 0 Å². The van der Waals surface area contributed by atoms with E-state index in [1.807, 2.05) is 26.8 Å². The Balaban J connectivity index is 2.40. The molecule has 3 nitrogen and oxygen atoms in total. The maximum Gasteiger partial charge on any atom is 0.224 e. The van der Waals surface area contributed by atoms with Crippen LogP contribution >= 0.6 is 11.6 Å². The molecule has 0 unspecified atom stereocenters. The van der Waals surface area contributed by atoms with E-state index in [0.29, 0.717) is 12.4 Å². The van der Waals surface area contributed by atoms with Crippen molar-refractivity contribution < 1.29 is 9.13 Å². The van der Waals surface area contributed by atoms with Crippen LogP contribution in [0.1, 0.15) is 23.7 Å². The lowest BCUT2D eigenvalue weighted by molar-refractivity contribution is 0.419. The third kappa shape index (κ3) is 3.71. The maximum atomic E-state index is 14.0. The summed E-state index contributed by atoms with van der Waals surface area (Å²) < 4.78 is 19.6.